The van der Waals surface area contributed by atoms with Gasteiger partial charge in [-0.25, -0.2) is 4.79 Å². The standard InChI is InChI=1S/C22H26N2O4S/c1-22(2,3)28-21(27)23-15-10-12-24(13-11-15)20(26)17-8-5-4-7-16(17)19(25)18-9-6-14-29-18/h4-9,14-15H,10-13H2,1-3H3,(H,23,27). The molecule has 1 saturated heterocycles. The summed E-state index contributed by atoms with van der Waals surface area (Å²) in [5.41, 5.74) is 0.304. The molecule has 6 nitrogen and oxygen atoms in total. The molecule has 1 aromatic carbocycles. The van der Waals surface area contributed by atoms with Gasteiger partial charge in [0, 0.05) is 24.7 Å². The van der Waals surface area contributed by atoms with E-state index in [2.05, 4.69) is 5.32 Å². The number of benzene rings is 1. The van der Waals surface area contributed by atoms with Crippen LogP contribution in [-0.2, 0) is 4.74 Å². The van der Waals surface area contributed by atoms with Crippen molar-refractivity contribution >= 4 is 29.1 Å². The Hall–Kier alpha value is -2.67. The summed E-state index contributed by atoms with van der Waals surface area (Å²) < 4.78 is 5.29. The first-order valence-electron chi connectivity index (χ1n) is 9.70. The number of rotatable bonds is 4. The highest BCUT2D eigenvalue weighted by molar-refractivity contribution is 7.12. The van der Waals surface area contributed by atoms with Gasteiger partial charge in [0.15, 0.2) is 0 Å². The minimum absolute atomic E-state index is 0.0307. The van der Waals surface area contributed by atoms with Gasteiger partial charge in [0.2, 0.25) is 5.78 Å². The molecule has 2 aromatic rings. The molecule has 154 valence electrons. The number of amides is 2. The van der Waals surface area contributed by atoms with Crippen molar-refractivity contribution in [3.8, 4) is 0 Å². The first-order valence-corrected chi connectivity index (χ1v) is 10.6. The first-order chi connectivity index (χ1) is 13.7. The van der Waals surface area contributed by atoms with Gasteiger partial charge >= 0.3 is 6.09 Å². The van der Waals surface area contributed by atoms with E-state index in [1.165, 1.54) is 11.3 Å². The van der Waals surface area contributed by atoms with Crippen molar-refractivity contribution in [2.75, 3.05) is 13.1 Å². The Morgan fingerprint density at radius 2 is 1.69 bits per heavy atom. The number of carbonyl (C=O) groups is 3. The molecule has 0 bridgehead atoms. The number of carbonyl (C=O) groups excluding carboxylic acids is 3. The van der Waals surface area contributed by atoms with Gasteiger partial charge in [-0.3, -0.25) is 9.59 Å². The van der Waals surface area contributed by atoms with E-state index in [9.17, 15) is 14.4 Å². The molecule has 0 spiro atoms. The average molecular weight is 415 g/mol. The summed E-state index contributed by atoms with van der Waals surface area (Å²) in [6.45, 7) is 6.50. The molecule has 3 rings (SSSR count). The van der Waals surface area contributed by atoms with Crippen LogP contribution in [0.3, 0.4) is 0 Å². The molecule has 0 unspecified atom stereocenters. The third-order valence-electron chi connectivity index (χ3n) is 4.65. The molecule has 1 fully saturated rings. The molecule has 1 aliphatic rings. The Bertz CT molecular complexity index is 878. The summed E-state index contributed by atoms with van der Waals surface area (Å²) in [7, 11) is 0. The number of ether oxygens (including phenoxy) is 1. The molecule has 0 saturated carbocycles. The van der Waals surface area contributed by atoms with Gasteiger partial charge in [-0.05, 0) is 51.1 Å². The summed E-state index contributed by atoms with van der Waals surface area (Å²) in [6.07, 6.45) is 0.854. The maximum absolute atomic E-state index is 13.1. The monoisotopic (exact) mass is 414 g/mol. The second kappa shape index (κ2) is 8.78. The van der Waals surface area contributed by atoms with Crippen LogP contribution in [-0.4, -0.2) is 47.4 Å². The molecule has 29 heavy (non-hydrogen) atoms. The van der Waals surface area contributed by atoms with Gasteiger partial charge < -0.3 is 15.0 Å². The van der Waals surface area contributed by atoms with Crippen LogP contribution in [0.1, 0.15) is 59.2 Å². The number of hydrogen-bond acceptors (Lipinski definition) is 5. The number of piperidine rings is 1. The molecular formula is C22H26N2O4S. The molecule has 0 aliphatic carbocycles. The fourth-order valence-electron chi connectivity index (χ4n) is 3.28. The van der Waals surface area contributed by atoms with E-state index in [1.807, 2.05) is 32.2 Å². The van der Waals surface area contributed by atoms with Gasteiger partial charge in [-0.2, -0.15) is 0 Å². The molecular weight excluding hydrogens is 388 g/mol. The van der Waals surface area contributed by atoms with Crippen molar-refractivity contribution in [3.63, 3.8) is 0 Å². The highest BCUT2D eigenvalue weighted by Gasteiger charge is 2.28. The zero-order chi connectivity index (χ0) is 21.0. The van der Waals surface area contributed by atoms with Crippen LogP contribution in [0.4, 0.5) is 4.79 Å². The smallest absolute Gasteiger partial charge is 0.407 e. The van der Waals surface area contributed by atoms with E-state index in [4.69, 9.17) is 4.74 Å². The fourth-order valence-corrected chi connectivity index (χ4v) is 3.96. The van der Waals surface area contributed by atoms with Gasteiger partial charge in [-0.1, -0.05) is 24.3 Å². The minimum atomic E-state index is -0.542. The van der Waals surface area contributed by atoms with E-state index < -0.39 is 11.7 Å². The van der Waals surface area contributed by atoms with Gasteiger partial charge in [0.05, 0.1) is 10.4 Å². The predicted octanol–water partition coefficient (Wildman–Crippen LogP) is 4.11. The number of nitrogens with zero attached hydrogens (tertiary/aromatic N) is 1. The van der Waals surface area contributed by atoms with E-state index in [0.29, 0.717) is 41.9 Å². The Labute approximate surface area is 174 Å². The fraction of sp³-hybridized carbons (Fsp3) is 0.409. The highest BCUT2D eigenvalue weighted by Crippen LogP contribution is 2.21. The third kappa shape index (κ3) is 5.44. The van der Waals surface area contributed by atoms with Crippen molar-refractivity contribution in [2.45, 2.75) is 45.3 Å². The first kappa shape index (κ1) is 21.0. The lowest BCUT2D eigenvalue weighted by atomic mass is 9.99. The SMILES string of the molecule is CC(C)(C)OC(=O)NC1CCN(C(=O)c2ccccc2C(=O)c2cccs2)CC1. The lowest BCUT2D eigenvalue weighted by molar-refractivity contribution is 0.0473. The van der Waals surface area contributed by atoms with Gasteiger partial charge in [0.1, 0.15) is 5.60 Å². The second-order valence-corrected chi connectivity index (χ2v) is 9.01. The molecule has 0 radical (unpaired) electrons. The Morgan fingerprint density at radius 1 is 1.03 bits per heavy atom. The van der Waals surface area contributed by atoms with Crippen molar-refractivity contribution < 1.29 is 19.1 Å². The molecule has 1 aliphatic heterocycles. The van der Waals surface area contributed by atoms with Crippen LogP contribution in [0.15, 0.2) is 41.8 Å². The van der Waals surface area contributed by atoms with Gasteiger partial charge in [-0.15, -0.1) is 11.3 Å². The number of ketones is 1. The van der Waals surface area contributed by atoms with E-state index in [0.717, 1.165) is 0 Å². The van der Waals surface area contributed by atoms with E-state index >= 15 is 0 Å². The van der Waals surface area contributed by atoms with Crippen molar-refractivity contribution in [1.29, 1.82) is 0 Å². The summed E-state index contributed by atoms with van der Waals surface area (Å²) >= 11 is 1.37. The van der Waals surface area contributed by atoms with Crippen LogP contribution in [0.25, 0.3) is 0 Å². The average Bonchev–Trinajstić information content (AvgIpc) is 3.21. The van der Waals surface area contributed by atoms with Crippen LogP contribution in [0.2, 0.25) is 0 Å². The second-order valence-electron chi connectivity index (χ2n) is 8.06. The Morgan fingerprint density at radius 3 is 2.28 bits per heavy atom. The lowest BCUT2D eigenvalue weighted by Crippen LogP contribution is -2.47. The van der Waals surface area contributed by atoms with Crippen molar-refractivity contribution in [1.82, 2.24) is 10.2 Å². The topological polar surface area (TPSA) is 75.7 Å². The summed E-state index contributed by atoms with van der Waals surface area (Å²) in [5, 5.41) is 4.72. The zero-order valence-corrected chi connectivity index (χ0v) is 17.8. The largest absolute Gasteiger partial charge is 0.444 e. The number of hydrogen-bond donors (Lipinski definition) is 1. The quantitative estimate of drug-likeness (QED) is 0.764. The molecule has 1 N–H and O–H groups in total. The number of alkyl carbamates (subject to hydrolysis) is 1. The van der Waals surface area contributed by atoms with Crippen LogP contribution in [0.5, 0.6) is 0 Å². The summed E-state index contributed by atoms with van der Waals surface area (Å²) in [4.78, 5) is 40.2. The molecule has 2 heterocycles. The van der Waals surface area contributed by atoms with E-state index in [-0.39, 0.29) is 17.7 Å². The Kier molecular flexibility index (Phi) is 6.37. The molecule has 0 atom stereocenters. The third-order valence-corrected chi connectivity index (χ3v) is 5.52. The maximum Gasteiger partial charge on any atom is 0.407 e. The molecule has 1 aromatic heterocycles. The Balaban J connectivity index is 1.63. The molecule has 2 amide bonds. The number of likely N-dealkylation sites (tertiary alicyclic amines) is 1. The van der Waals surface area contributed by atoms with Crippen molar-refractivity contribution in [2.24, 2.45) is 0 Å². The van der Waals surface area contributed by atoms with Crippen LogP contribution >= 0.6 is 11.3 Å². The van der Waals surface area contributed by atoms with Crippen LogP contribution in [0, 0.1) is 0 Å². The van der Waals surface area contributed by atoms with E-state index in [1.54, 1.807) is 35.2 Å². The van der Waals surface area contributed by atoms with Crippen LogP contribution < -0.4 is 5.32 Å². The maximum atomic E-state index is 13.1. The molecule has 7 heteroatoms. The van der Waals surface area contributed by atoms with Gasteiger partial charge in [0.25, 0.3) is 5.91 Å². The highest BCUT2D eigenvalue weighted by atomic mass is 32.1. The zero-order valence-electron chi connectivity index (χ0n) is 16.9. The summed E-state index contributed by atoms with van der Waals surface area (Å²) in [6, 6.07) is 10.5. The lowest BCUT2D eigenvalue weighted by Gasteiger charge is -2.33. The number of thiophene rings is 1. The minimum Gasteiger partial charge on any atom is -0.444 e. The van der Waals surface area contributed by atoms with Crippen molar-refractivity contribution in [3.05, 3.63) is 57.8 Å². The predicted molar refractivity (Wildman–Crippen MR) is 112 cm³/mol. The normalized spacial score (nSPS) is 15.1. The number of nitrogens with one attached hydrogen (secondary N) is 1. The summed E-state index contributed by atoms with van der Waals surface area (Å²) in [5.74, 6) is -0.286.